The molecule has 1 aromatic rings. The number of hydrogen-bond donors (Lipinski definition) is 2. The molecule has 2 fully saturated rings. The molecular weight excluding hydrogens is 302 g/mol. The first-order chi connectivity index (χ1) is 10.6. The summed E-state index contributed by atoms with van der Waals surface area (Å²) in [7, 11) is 1.98. The molecule has 0 bridgehead atoms. The number of nitrogens with one attached hydrogen (secondary N) is 2. The molecule has 2 aliphatic heterocycles. The molecule has 2 aliphatic rings. The first kappa shape index (κ1) is 15.0. The number of nitrogens with zero attached hydrogens (tertiary/aromatic N) is 3. The zero-order chi connectivity index (χ0) is 15.5. The highest BCUT2D eigenvalue weighted by Gasteiger charge is 2.25. The van der Waals surface area contributed by atoms with Crippen molar-refractivity contribution in [2.24, 2.45) is 0 Å². The van der Waals surface area contributed by atoms with E-state index in [1.54, 1.807) is 18.3 Å². The molecule has 7 nitrogen and oxygen atoms in total. The highest BCUT2D eigenvalue weighted by Crippen LogP contribution is 2.25. The molecule has 0 radical (unpaired) electrons. The number of amides is 2. The molecule has 2 amide bonds. The molecule has 1 atom stereocenters. The van der Waals surface area contributed by atoms with Crippen molar-refractivity contribution in [1.82, 2.24) is 20.6 Å². The van der Waals surface area contributed by atoms with Crippen LogP contribution in [0.3, 0.4) is 0 Å². The highest BCUT2D eigenvalue weighted by molar-refractivity contribution is 8.18. The third kappa shape index (κ3) is 3.28. The van der Waals surface area contributed by atoms with Crippen LogP contribution in [0.5, 0.6) is 0 Å². The van der Waals surface area contributed by atoms with E-state index in [9.17, 15) is 9.59 Å². The van der Waals surface area contributed by atoms with Gasteiger partial charge in [0, 0.05) is 25.8 Å². The molecular formula is C14H17N5O2S. The van der Waals surface area contributed by atoms with Crippen molar-refractivity contribution in [3.8, 4) is 0 Å². The van der Waals surface area contributed by atoms with Crippen LogP contribution < -0.4 is 15.5 Å². The van der Waals surface area contributed by atoms with Crippen LogP contribution in [0.2, 0.25) is 0 Å². The van der Waals surface area contributed by atoms with E-state index >= 15 is 0 Å². The maximum absolute atomic E-state index is 11.6. The van der Waals surface area contributed by atoms with Crippen molar-refractivity contribution in [2.75, 3.05) is 25.0 Å². The predicted molar refractivity (Wildman–Crippen MR) is 85.4 cm³/mol. The Labute approximate surface area is 132 Å². The summed E-state index contributed by atoms with van der Waals surface area (Å²) in [5.41, 5.74) is 0.618. The number of hydrogen-bond acceptors (Lipinski definition) is 7. The summed E-state index contributed by atoms with van der Waals surface area (Å²) in [4.78, 5) is 33.9. The van der Waals surface area contributed by atoms with Gasteiger partial charge in [0.05, 0.1) is 10.6 Å². The van der Waals surface area contributed by atoms with Crippen molar-refractivity contribution in [2.45, 2.75) is 18.9 Å². The smallest absolute Gasteiger partial charge is 0.290 e. The van der Waals surface area contributed by atoms with Gasteiger partial charge < -0.3 is 10.2 Å². The minimum Gasteiger partial charge on any atom is -0.340 e. The molecule has 0 saturated carbocycles. The lowest BCUT2D eigenvalue weighted by molar-refractivity contribution is -0.115. The Balaban J connectivity index is 1.79. The van der Waals surface area contributed by atoms with E-state index in [-0.39, 0.29) is 11.1 Å². The number of thioether (sulfide) groups is 1. The van der Waals surface area contributed by atoms with Crippen LogP contribution in [-0.4, -0.2) is 47.3 Å². The third-order valence-corrected chi connectivity index (χ3v) is 4.53. The highest BCUT2D eigenvalue weighted by atomic mass is 32.2. The van der Waals surface area contributed by atoms with Gasteiger partial charge in [-0.25, -0.2) is 9.97 Å². The molecule has 0 unspecified atom stereocenters. The zero-order valence-corrected chi connectivity index (χ0v) is 13.0. The van der Waals surface area contributed by atoms with Gasteiger partial charge in [-0.1, -0.05) is 0 Å². The van der Waals surface area contributed by atoms with E-state index < -0.39 is 0 Å². The molecule has 2 saturated heterocycles. The topological polar surface area (TPSA) is 87.2 Å². The van der Waals surface area contributed by atoms with Gasteiger partial charge in [0.1, 0.15) is 0 Å². The Kier molecular flexibility index (Phi) is 4.39. The molecule has 8 heteroatoms. The first-order valence-corrected chi connectivity index (χ1v) is 7.96. The second-order valence-corrected chi connectivity index (χ2v) is 6.26. The Hall–Kier alpha value is -1.93. The van der Waals surface area contributed by atoms with Gasteiger partial charge in [-0.05, 0) is 43.3 Å². The maximum Gasteiger partial charge on any atom is 0.290 e. The molecule has 1 aromatic heterocycles. The first-order valence-electron chi connectivity index (χ1n) is 7.15. The Morgan fingerprint density at radius 3 is 3.00 bits per heavy atom. The number of aromatic nitrogens is 2. The zero-order valence-electron chi connectivity index (χ0n) is 12.2. The number of piperidine rings is 1. The summed E-state index contributed by atoms with van der Waals surface area (Å²) in [6, 6.07) is 2.09. The fourth-order valence-corrected chi connectivity index (χ4v) is 3.16. The van der Waals surface area contributed by atoms with E-state index in [0.29, 0.717) is 22.6 Å². The fourth-order valence-electron chi connectivity index (χ4n) is 2.49. The number of rotatable bonds is 3. The minimum absolute atomic E-state index is 0.351. The van der Waals surface area contributed by atoms with Crippen LogP contribution in [0.1, 0.15) is 18.5 Å². The van der Waals surface area contributed by atoms with Crippen molar-refractivity contribution in [3.05, 3.63) is 22.9 Å². The average Bonchev–Trinajstić information content (AvgIpc) is 2.85. The molecule has 0 aromatic carbocycles. The van der Waals surface area contributed by atoms with Gasteiger partial charge >= 0.3 is 0 Å². The lowest BCUT2D eigenvalue weighted by atomic mass is 10.1. The van der Waals surface area contributed by atoms with Crippen LogP contribution in [0.25, 0.3) is 6.08 Å². The normalized spacial score (nSPS) is 23.7. The van der Waals surface area contributed by atoms with Gasteiger partial charge in [0.15, 0.2) is 0 Å². The van der Waals surface area contributed by atoms with Crippen LogP contribution in [0.4, 0.5) is 10.7 Å². The van der Waals surface area contributed by atoms with Gasteiger partial charge in [-0.15, -0.1) is 0 Å². The molecule has 0 aliphatic carbocycles. The summed E-state index contributed by atoms with van der Waals surface area (Å²) >= 11 is 0.888. The van der Waals surface area contributed by atoms with Crippen molar-refractivity contribution in [3.63, 3.8) is 0 Å². The van der Waals surface area contributed by atoms with E-state index in [2.05, 4.69) is 25.5 Å². The Morgan fingerprint density at radius 2 is 2.32 bits per heavy atom. The van der Waals surface area contributed by atoms with Crippen LogP contribution in [-0.2, 0) is 4.79 Å². The largest absolute Gasteiger partial charge is 0.340 e. The van der Waals surface area contributed by atoms with Gasteiger partial charge in [0.25, 0.3) is 11.1 Å². The Morgan fingerprint density at radius 1 is 1.45 bits per heavy atom. The second-order valence-electron chi connectivity index (χ2n) is 5.24. The number of carbonyl (C=O) groups is 2. The van der Waals surface area contributed by atoms with Crippen LogP contribution in [0, 0.1) is 0 Å². The molecule has 3 rings (SSSR count). The average molecular weight is 319 g/mol. The van der Waals surface area contributed by atoms with Crippen LogP contribution in [0.15, 0.2) is 17.2 Å². The van der Waals surface area contributed by atoms with Gasteiger partial charge in [-0.2, -0.15) is 0 Å². The lowest BCUT2D eigenvalue weighted by Gasteiger charge is -2.31. The number of likely N-dealkylation sites (N-methyl/N-ethyl adjacent to an activating group) is 1. The molecule has 0 spiro atoms. The van der Waals surface area contributed by atoms with E-state index in [0.717, 1.165) is 37.7 Å². The van der Waals surface area contributed by atoms with Crippen molar-refractivity contribution in [1.29, 1.82) is 0 Å². The van der Waals surface area contributed by atoms with E-state index in [1.165, 1.54) is 0 Å². The molecule has 22 heavy (non-hydrogen) atoms. The Bertz CT molecular complexity index is 627. The SMILES string of the molecule is CN(c1nccc(C=C2SC(=O)NC2=O)n1)[C@@H]1CCCNC1. The quantitative estimate of drug-likeness (QED) is 0.803. The predicted octanol–water partition coefficient (Wildman–Crippen LogP) is 0.989. The summed E-state index contributed by atoms with van der Waals surface area (Å²) in [6.07, 6.45) is 5.52. The standard InChI is InChI=1S/C14H17N5O2S/c1-19(10-3-2-5-15-8-10)13-16-6-4-9(17-13)7-11-12(20)18-14(21)22-11/h4,6-7,10,15H,2-3,5,8H2,1H3,(H,18,20,21)/t10-/m1/s1. The van der Waals surface area contributed by atoms with Crippen molar-refractivity contribution >= 4 is 34.9 Å². The second kappa shape index (κ2) is 6.45. The molecule has 2 N–H and O–H groups in total. The van der Waals surface area contributed by atoms with Crippen LogP contribution >= 0.6 is 11.8 Å². The summed E-state index contributed by atoms with van der Waals surface area (Å²) < 4.78 is 0. The van der Waals surface area contributed by atoms with Gasteiger partial charge in [-0.3, -0.25) is 14.9 Å². The monoisotopic (exact) mass is 319 g/mol. The fraction of sp³-hybridized carbons (Fsp3) is 0.429. The molecule has 116 valence electrons. The number of carbonyl (C=O) groups excluding carboxylic acids is 2. The molecule has 3 heterocycles. The maximum atomic E-state index is 11.6. The lowest BCUT2D eigenvalue weighted by Crippen LogP contribution is -2.44. The van der Waals surface area contributed by atoms with E-state index in [1.807, 2.05) is 7.05 Å². The summed E-state index contributed by atoms with van der Waals surface area (Å²) in [5.74, 6) is 0.248. The third-order valence-electron chi connectivity index (χ3n) is 3.72. The van der Waals surface area contributed by atoms with E-state index in [4.69, 9.17) is 0 Å². The van der Waals surface area contributed by atoms with Gasteiger partial charge in [0.2, 0.25) is 5.95 Å². The van der Waals surface area contributed by atoms with Crippen molar-refractivity contribution < 1.29 is 9.59 Å². The summed E-state index contributed by atoms with van der Waals surface area (Å²) in [5, 5.41) is 5.25. The minimum atomic E-state index is -0.375. The number of anilines is 1. The summed E-state index contributed by atoms with van der Waals surface area (Å²) in [6.45, 7) is 1.97. The number of imide groups is 1.